The van der Waals surface area contributed by atoms with Crippen molar-refractivity contribution in [2.24, 2.45) is 0 Å². The van der Waals surface area contributed by atoms with Crippen molar-refractivity contribution in [2.75, 3.05) is 0 Å². The number of benzene rings is 6. The summed E-state index contributed by atoms with van der Waals surface area (Å²) in [5.74, 6) is 0.220. The summed E-state index contributed by atoms with van der Waals surface area (Å²) in [7, 11) is 0. The minimum atomic E-state index is -0.393. The van der Waals surface area contributed by atoms with E-state index in [1.807, 2.05) is 35.6 Å². The summed E-state index contributed by atoms with van der Waals surface area (Å²) in [5.41, 5.74) is 2.76. The molecule has 0 aliphatic rings. The fourth-order valence-corrected chi connectivity index (χ4v) is 7.03. The van der Waals surface area contributed by atoms with Crippen LogP contribution in [-0.4, -0.2) is 5.97 Å². The van der Waals surface area contributed by atoms with E-state index in [4.69, 9.17) is 4.74 Å². The van der Waals surface area contributed by atoms with Crippen LogP contribution in [0.3, 0.4) is 0 Å². The maximum absolute atomic E-state index is 12.5. The van der Waals surface area contributed by atoms with E-state index in [9.17, 15) is 4.79 Å². The fraction of sp³-hybridized carbons (Fsp3) is 0.0833. The van der Waals surface area contributed by atoms with Crippen LogP contribution in [0, 0.1) is 0 Å². The summed E-state index contributed by atoms with van der Waals surface area (Å²) >= 11 is 1.88. The smallest absolute Gasteiger partial charge is 0.338 e. The first-order valence-electron chi connectivity index (χ1n) is 13.2. The molecule has 2 nitrogen and oxygen atoms in total. The monoisotopic (exact) mass is 522 g/mol. The van der Waals surface area contributed by atoms with Crippen LogP contribution in [0.2, 0.25) is 0 Å². The molecule has 0 saturated carbocycles. The largest absolute Gasteiger partial charge is 0.423 e. The zero-order valence-corrected chi connectivity index (χ0v) is 22.5. The highest BCUT2D eigenvalue weighted by molar-refractivity contribution is 7.26. The van der Waals surface area contributed by atoms with Gasteiger partial charge in [-0.3, -0.25) is 0 Å². The Morgan fingerprint density at radius 1 is 0.718 bits per heavy atom. The summed E-state index contributed by atoms with van der Waals surface area (Å²) in [6.45, 7) is 5.45. The van der Waals surface area contributed by atoms with E-state index in [1.165, 1.54) is 47.3 Å². The van der Waals surface area contributed by atoms with Gasteiger partial charge >= 0.3 is 5.97 Å². The molecule has 0 unspecified atom stereocenters. The second-order valence-electron chi connectivity index (χ2n) is 10.2. The summed E-state index contributed by atoms with van der Waals surface area (Å²) in [5, 5.41) is 10.0. The number of carbonyl (C=O) groups excluding carboxylic acids is 1. The van der Waals surface area contributed by atoms with Crippen molar-refractivity contribution >= 4 is 69.8 Å². The number of hydrogen-bond acceptors (Lipinski definition) is 3. The predicted octanol–water partition coefficient (Wildman–Crippen LogP) is 9.78. The Kier molecular flexibility index (Phi) is 5.68. The maximum Gasteiger partial charge on any atom is 0.338 e. The molecular weight excluding hydrogens is 496 g/mol. The van der Waals surface area contributed by atoms with E-state index in [1.54, 1.807) is 6.92 Å². The molecule has 39 heavy (non-hydrogen) atoms. The maximum atomic E-state index is 12.5. The van der Waals surface area contributed by atoms with Crippen LogP contribution in [0.15, 0.2) is 115 Å². The van der Waals surface area contributed by atoms with Crippen LogP contribution < -0.4 is 4.74 Å². The molecule has 0 saturated heterocycles. The van der Waals surface area contributed by atoms with Crippen LogP contribution in [0.1, 0.15) is 18.1 Å². The highest BCUT2D eigenvalue weighted by atomic mass is 32.1. The molecule has 7 rings (SSSR count). The lowest BCUT2D eigenvalue weighted by Crippen LogP contribution is -2.10. The normalized spacial score (nSPS) is 11.6. The first-order valence-corrected chi connectivity index (χ1v) is 14.0. The Morgan fingerprint density at radius 2 is 1.33 bits per heavy atom. The zero-order chi connectivity index (χ0) is 26.5. The van der Waals surface area contributed by atoms with Gasteiger partial charge in [0.25, 0.3) is 0 Å². The van der Waals surface area contributed by atoms with Gasteiger partial charge in [0.15, 0.2) is 0 Å². The van der Waals surface area contributed by atoms with Crippen LogP contribution in [0.25, 0.3) is 52.5 Å². The Hall–Kier alpha value is -4.47. The van der Waals surface area contributed by atoms with Gasteiger partial charge in [0.05, 0.1) is 0 Å². The standard InChI is InChI=1S/C36H26O2S/c1-22(2)36(37)38-31-19-16-23-9-3-6-12-27(23)30(31)18-15-26-21-25-11-5-8-14-29(25)34-33-28-13-7-4-10-24(28)17-20-32(33)39-35(26)34/h3-14,16-17,19-21H,1,15,18H2,2H3. The number of carbonyl (C=O) groups is 1. The third-order valence-corrected chi connectivity index (χ3v) is 8.86. The quantitative estimate of drug-likeness (QED) is 0.128. The molecule has 188 valence electrons. The number of ether oxygens (including phenoxy) is 1. The van der Waals surface area contributed by atoms with Crippen molar-refractivity contribution in [3.63, 3.8) is 0 Å². The van der Waals surface area contributed by atoms with Gasteiger partial charge in [-0.05, 0) is 75.8 Å². The van der Waals surface area contributed by atoms with Gasteiger partial charge < -0.3 is 4.74 Å². The molecule has 0 atom stereocenters. The number of rotatable bonds is 5. The number of esters is 1. The molecule has 3 heteroatoms. The van der Waals surface area contributed by atoms with Crippen LogP contribution in [0.4, 0.5) is 0 Å². The lowest BCUT2D eigenvalue weighted by atomic mass is 9.94. The molecule has 0 amide bonds. The third kappa shape index (κ3) is 3.98. The summed E-state index contributed by atoms with van der Waals surface area (Å²) in [4.78, 5) is 12.5. The average molecular weight is 523 g/mol. The molecule has 0 fully saturated rings. The Balaban J connectivity index is 1.42. The van der Waals surface area contributed by atoms with Gasteiger partial charge in [-0.2, -0.15) is 0 Å². The van der Waals surface area contributed by atoms with E-state index in [-0.39, 0.29) is 0 Å². The second-order valence-corrected chi connectivity index (χ2v) is 11.2. The topological polar surface area (TPSA) is 26.3 Å². The zero-order valence-electron chi connectivity index (χ0n) is 21.7. The van der Waals surface area contributed by atoms with Crippen molar-refractivity contribution in [3.05, 3.63) is 126 Å². The lowest BCUT2D eigenvalue weighted by Gasteiger charge is -2.14. The van der Waals surface area contributed by atoms with Gasteiger partial charge in [0.2, 0.25) is 0 Å². The van der Waals surface area contributed by atoms with E-state index in [0.717, 1.165) is 29.2 Å². The summed E-state index contributed by atoms with van der Waals surface area (Å²) in [6.07, 6.45) is 1.58. The molecule has 0 aliphatic heterocycles. The first-order chi connectivity index (χ1) is 19.1. The van der Waals surface area contributed by atoms with Gasteiger partial charge in [-0.1, -0.05) is 91.5 Å². The molecule has 1 heterocycles. The van der Waals surface area contributed by atoms with Gasteiger partial charge in [0, 0.05) is 31.3 Å². The second kappa shape index (κ2) is 9.37. The van der Waals surface area contributed by atoms with E-state index < -0.39 is 5.97 Å². The highest BCUT2D eigenvalue weighted by Gasteiger charge is 2.18. The Labute approximate surface area is 230 Å². The van der Waals surface area contributed by atoms with Gasteiger partial charge in [-0.15, -0.1) is 11.3 Å². The molecule has 0 spiro atoms. The van der Waals surface area contributed by atoms with Crippen LogP contribution >= 0.6 is 11.3 Å². The molecule has 0 N–H and O–H groups in total. The van der Waals surface area contributed by atoms with Gasteiger partial charge in [-0.25, -0.2) is 4.79 Å². The molecule has 0 radical (unpaired) electrons. The van der Waals surface area contributed by atoms with Crippen LogP contribution in [0.5, 0.6) is 5.75 Å². The fourth-order valence-electron chi connectivity index (χ4n) is 5.76. The van der Waals surface area contributed by atoms with E-state index >= 15 is 0 Å². The summed E-state index contributed by atoms with van der Waals surface area (Å²) < 4.78 is 8.46. The minimum absolute atomic E-state index is 0.392. The molecule has 0 bridgehead atoms. The van der Waals surface area contributed by atoms with Gasteiger partial charge in [0.1, 0.15) is 5.75 Å². The number of thiophene rings is 1. The van der Waals surface area contributed by atoms with Crippen molar-refractivity contribution < 1.29 is 9.53 Å². The van der Waals surface area contributed by atoms with Crippen LogP contribution in [-0.2, 0) is 17.6 Å². The van der Waals surface area contributed by atoms with Crippen molar-refractivity contribution in [1.29, 1.82) is 0 Å². The lowest BCUT2D eigenvalue weighted by molar-refractivity contribution is -0.130. The van der Waals surface area contributed by atoms with E-state index in [2.05, 4.69) is 85.4 Å². The Morgan fingerprint density at radius 3 is 2.08 bits per heavy atom. The SMILES string of the molecule is C=C(C)C(=O)Oc1ccc2ccccc2c1CCc1cc2ccccc2c2c1sc1ccc3ccccc3c12. The Bertz CT molecular complexity index is 2100. The predicted molar refractivity (Wildman–Crippen MR) is 166 cm³/mol. The average Bonchev–Trinajstić information content (AvgIpc) is 3.37. The molecule has 1 aromatic heterocycles. The number of aryl methyl sites for hydroxylation is 2. The third-order valence-electron chi connectivity index (χ3n) is 7.62. The van der Waals surface area contributed by atoms with Crippen molar-refractivity contribution in [1.82, 2.24) is 0 Å². The number of hydrogen-bond donors (Lipinski definition) is 0. The van der Waals surface area contributed by atoms with Crippen molar-refractivity contribution in [2.45, 2.75) is 19.8 Å². The molecule has 0 aliphatic carbocycles. The highest BCUT2D eigenvalue weighted by Crippen LogP contribution is 2.44. The first kappa shape index (κ1) is 23.6. The summed E-state index contributed by atoms with van der Waals surface area (Å²) in [6, 6.07) is 36.5. The molecular formula is C36H26O2S. The van der Waals surface area contributed by atoms with E-state index in [0.29, 0.717) is 11.3 Å². The van der Waals surface area contributed by atoms with Crippen molar-refractivity contribution in [3.8, 4) is 5.75 Å². The number of fused-ring (bicyclic) bond motifs is 8. The molecule has 6 aromatic carbocycles. The minimum Gasteiger partial charge on any atom is -0.423 e. The molecule has 7 aromatic rings.